The SMILES string of the molecule is CC(C(O)C1OC2CC3C4=CC=C5CC(O)CCC5(C)C4CCC3(C)C2C1(C)O)C(C)(C)O. The van der Waals surface area contributed by atoms with E-state index in [0.717, 1.165) is 38.5 Å². The molecule has 11 unspecified atom stereocenters. The zero-order valence-corrected chi connectivity index (χ0v) is 21.2. The largest absolute Gasteiger partial charge is 0.393 e. The van der Waals surface area contributed by atoms with Crippen LogP contribution in [0.3, 0.4) is 0 Å². The van der Waals surface area contributed by atoms with Crippen LogP contribution in [0.2, 0.25) is 0 Å². The minimum Gasteiger partial charge on any atom is -0.393 e. The Morgan fingerprint density at radius 1 is 1.09 bits per heavy atom. The van der Waals surface area contributed by atoms with Gasteiger partial charge in [0.05, 0.1) is 29.5 Å². The van der Waals surface area contributed by atoms with Gasteiger partial charge in [-0.3, -0.25) is 0 Å². The van der Waals surface area contributed by atoms with Gasteiger partial charge in [-0.05, 0) is 82.0 Å². The van der Waals surface area contributed by atoms with E-state index in [1.165, 1.54) is 11.1 Å². The topological polar surface area (TPSA) is 90.2 Å². The summed E-state index contributed by atoms with van der Waals surface area (Å²) in [6.07, 6.45) is 8.39. The highest BCUT2D eigenvalue weighted by Gasteiger charge is 2.69. The Kier molecular flexibility index (Phi) is 5.38. The highest BCUT2D eigenvalue weighted by molar-refractivity contribution is 5.40. The number of allylic oxidation sites excluding steroid dienone is 3. The van der Waals surface area contributed by atoms with Crippen LogP contribution in [-0.2, 0) is 4.74 Å². The first-order valence-electron chi connectivity index (χ1n) is 13.1. The summed E-state index contributed by atoms with van der Waals surface area (Å²) in [5.74, 6) is 0.405. The molecule has 0 spiro atoms. The molecule has 1 saturated heterocycles. The normalized spacial score (nSPS) is 51.0. The minimum atomic E-state index is -1.16. The molecule has 11 atom stereocenters. The summed E-state index contributed by atoms with van der Waals surface area (Å²) in [5, 5.41) is 43.7. The fourth-order valence-corrected chi connectivity index (χ4v) is 8.77. The van der Waals surface area contributed by atoms with E-state index in [0.29, 0.717) is 11.8 Å². The van der Waals surface area contributed by atoms with Gasteiger partial charge < -0.3 is 25.2 Å². The molecule has 0 aromatic heterocycles. The van der Waals surface area contributed by atoms with Crippen LogP contribution in [0.1, 0.15) is 80.1 Å². The Morgan fingerprint density at radius 2 is 1.79 bits per heavy atom. The minimum absolute atomic E-state index is 0.0446. The van der Waals surface area contributed by atoms with Crippen LogP contribution in [-0.4, -0.2) is 56.0 Å². The van der Waals surface area contributed by atoms with Gasteiger partial charge in [0, 0.05) is 11.8 Å². The highest BCUT2D eigenvalue weighted by atomic mass is 16.5. The molecule has 33 heavy (non-hydrogen) atoms. The van der Waals surface area contributed by atoms with Crippen LogP contribution in [0.15, 0.2) is 23.3 Å². The molecule has 4 fully saturated rings. The van der Waals surface area contributed by atoms with Crippen molar-refractivity contribution in [3.8, 4) is 0 Å². The van der Waals surface area contributed by atoms with Crippen molar-refractivity contribution in [2.24, 2.45) is 34.5 Å². The number of hydrogen-bond donors (Lipinski definition) is 4. The quantitative estimate of drug-likeness (QED) is 0.515. The third-order valence-electron chi connectivity index (χ3n) is 11.0. The van der Waals surface area contributed by atoms with Crippen LogP contribution in [0.5, 0.6) is 0 Å². The van der Waals surface area contributed by atoms with E-state index in [4.69, 9.17) is 4.74 Å². The molecule has 1 aliphatic heterocycles. The van der Waals surface area contributed by atoms with Crippen molar-refractivity contribution < 1.29 is 25.2 Å². The highest BCUT2D eigenvalue weighted by Crippen LogP contribution is 2.68. The Bertz CT molecular complexity index is 868. The lowest BCUT2D eigenvalue weighted by molar-refractivity contribution is -0.155. The fraction of sp³-hybridized carbons (Fsp3) is 0.857. The van der Waals surface area contributed by atoms with Gasteiger partial charge >= 0.3 is 0 Å². The van der Waals surface area contributed by atoms with Crippen LogP contribution in [0.4, 0.5) is 0 Å². The van der Waals surface area contributed by atoms with Crippen LogP contribution < -0.4 is 0 Å². The van der Waals surface area contributed by atoms with Crippen molar-refractivity contribution in [1.29, 1.82) is 0 Å². The van der Waals surface area contributed by atoms with Crippen molar-refractivity contribution in [3.63, 3.8) is 0 Å². The summed E-state index contributed by atoms with van der Waals surface area (Å²) < 4.78 is 6.47. The monoisotopic (exact) mass is 460 g/mol. The molecule has 186 valence electrons. The lowest BCUT2D eigenvalue weighted by atomic mass is 9.49. The first-order chi connectivity index (χ1) is 15.2. The summed E-state index contributed by atoms with van der Waals surface area (Å²) in [4.78, 5) is 0. The summed E-state index contributed by atoms with van der Waals surface area (Å²) in [5.41, 5.74) is 0.757. The Balaban J connectivity index is 1.45. The second kappa shape index (κ2) is 7.39. The standard InChI is InChI=1S/C28H44O5/c1-15(25(2,3)31)22(30)24-28(6,32)23-21(33-24)14-20-18-8-7-16-13-17(29)9-11-26(16,4)19(18)10-12-27(20,23)5/h7-8,15,17,19-24,29-32H,9-14H2,1-6H3. The van der Waals surface area contributed by atoms with Crippen LogP contribution in [0.25, 0.3) is 0 Å². The van der Waals surface area contributed by atoms with Crippen molar-refractivity contribution in [1.82, 2.24) is 0 Å². The van der Waals surface area contributed by atoms with Gasteiger partial charge in [-0.1, -0.05) is 44.1 Å². The number of aliphatic hydroxyl groups is 4. The predicted molar refractivity (Wildman–Crippen MR) is 127 cm³/mol. The van der Waals surface area contributed by atoms with E-state index < -0.39 is 29.3 Å². The molecule has 5 heteroatoms. The second-order valence-electron chi connectivity index (χ2n) is 13.3. The Morgan fingerprint density at radius 3 is 2.45 bits per heavy atom. The fourth-order valence-electron chi connectivity index (χ4n) is 8.77. The number of rotatable bonds is 3. The van der Waals surface area contributed by atoms with E-state index in [9.17, 15) is 20.4 Å². The molecule has 0 bridgehead atoms. The van der Waals surface area contributed by atoms with Gasteiger partial charge in [-0.25, -0.2) is 0 Å². The molecule has 0 aromatic rings. The summed E-state index contributed by atoms with van der Waals surface area (Å²) in [6, 6.07) is 0. The molecule has 0 radical (unpaired) electrons. The van der Waals surface area contributed by atoms with Gasteiger partial charge in [0.1, 0.15) is 6.10 Å². The molecule has 3 saturated carbocycles. The molecular formula is C28H44O5. The van der Waals surface area contributed by atoms with Gasteiger partial charge in [-0.2, -0.15) is 0 Å². The lowest BCUT2D eigenvalue weighted by Gasteiger charge is -2.55. The zero-order valence-electron chi connectivity index (χ0n) is 21.2. The number of ether oxygens (including phenoxy) is 1. The maximum atomic E-state index is 11.9. The molecule has 5 aliphatic rings. The van der Waals surface area contributed by atoms with E-state index in [2.05, 4.69) is 26.0 Å². The maximum Gasteiger partial charge on any atom is 0.113 e. The summed E-state index contributed by atoms with van der Waals surface area (Å²) in [6.45, 7) is 11.8. The van der Waals surface area contributed by atoms with Crippen molar-refractivity contribution in [2.75, 3.05) is 0 Å². The number of aliphatic hydroxyl groups excluding tert-OH is 2. The first kappa shape index (κ1) is 24.0. The summed E-state index contributed by atoms with van der Waals surface area (Å²) >= 11 is 0. The van der Waals surface area contributed by atoms with E-state index in [1.54, 1.807) is 13.8 Å². The molecule has 4 N–H and O–H groups in total. The number of hydrogen-bond acceptors (Lipinski definition) is 5. The second-order valence-corrected chi connectivity index (χ2v) is 13.3. The van der Waals surface area contributed by atoms with Crippen molar-refractivity contribution in [3.05, 3.63) is 23.3 Å². The Labute approximate surface area is 198 Å². The van der Waals surface area contributed by atoms with E-state index >= 15 is 0 Å². The first-order valence-corrected chi connectivity index (χ1v) is 13.1. The van der Waals surface area contributed by atoms with Crippen molar-refractivity contribution >= 4 is 0 Å². The average molecular weight is 461 g/mol. The van der Waals surface area contributed by atoms with E-state index in [1.807, 2.05) is 13.8 Å². The molecular weight excluding hydrogens is 416 g/mol. The predicted octanol–water partition coefficient (Wildman–Crippen LogP) is 3.74. The summed E-state index contributed by atoms with van der Waals surface area (Å²) in [7, 11) is 0. The van der Waals surface area contributed by atoms with Gasteiger partial charge in [-0.15, -0.1) is 0 Å². The zero-order chi connectivity index (χ0) is 24.1. The molecule has 5 nitrogen and oxygen atoms in total. The van der Waals surface area contributed by atoms with Gasteiger partial charge in [0.15, 0.2) is 0 Å². The van der Waals surface area contributed by atoms with E-state index in [-0.39, 0.29) is 29.0 Å². The third-order valence-corrected chi connectivity index (χ3v) is 11.0. The van der Waals surface area contributed by atoms with Gasteiger partial charge in [0.2, 0.25) is 0 Å². The van der Waals surface area contributed by atoms with Gasteiger partial charge in [0.25, 0.3) is 0 Å². The number of fused-ring (bicyclic) bond motifs is 7. The maximum absolute atomic E-state index is 11.9. The molecule has 0 amide bonds. The van der Waals surface area contributed by atoms with Crippen LogP contribution >= 0.6 is 0 Å². The smallest absolute Gasteiger partial charge is 0.113 e. The molecule has 4 aliphatic carbocycles. The average Bonchev–Trinajstić information content (AvgIpc) is 3.17. The third kappa shape index (κ3) is 3.29. The molecule has 5 rings (SSSR count). The molecule has 1 heterocycles. The Hall–Kier alpha value is -0.720. The van der Waals surface area contributed by atoms with Crippen LogP contribution in [0, 0.1) is 34.5 Å². The molecule has 0 aromatic carbocycles. The lowest BCUT2D eigenvalue weighted by Crippen LogP contribution is -2.56. The van der Waals surface area contributed by atoms with Crippen molar-refractivity contribution in [2.45, 2.75) is 116 Å².